The fourth-order valence-corrected chi connectivity index (χ4v) is 1.56. The lowest BCUT2D eigenvalue weighted by atomic mass is 9.94. The molecule has 1 rings (SSSR count). The molecule has 1 aromatic carbocycles. The van der Waals surface area contributed by atoms with E-state index in [4.69, 9.17) is 11.6 Å². The normalized spacial score (nSPS) is 14.2. The molecule has 1 N–H and O–H groups in total. The van der Waals surface area contributed by atoms with Crippen molar-refractivity contribution in [3.8, 4) is 0 Å². The first-order valence-corrected chi connectivity index (χ1v) is 5.16. The number of hydrogen-bond donors (Lipinski definition) is 1. The number of halogens is 4. The highest BCUT2D eigenvalue weighted by molar-refractivity contribution is 6.30. The second-order valence-corrected chi connectivity index (χ2v) is 4.35. The van der Waals surface area contributed by atoms with Gasteiger partial charge in [-0.2, -0.15) is 13.2 Å². The van der Waals surface area contributed by atoms with Crippen molar-refractivity contribution < 1.29 is 18.3 Å². The summed E-state index contributed by atoms with van der Waals surface area (Å²) in [5.41, 5.74) is -1.01. The predicted octanol–water partition coefficient (Wildman–Crippen LogP) is 4.05. The van der Waals surface area contributed by atoms with Gasteiger partial charge in [0.05, 0.1) is 11.7 Å². The topological polar surface area (TPSA) is 20.2 Å². The van der Waals surface area contributed by atoms with Crippen LogP contribution in [0.2, 0.25) is 5.02 Å². The van der Waals surface area contributed by atoms with Crippen LogP contribution in [0.5, 0.6) is 0 Å². The third-order valence-electron chi connectivity index (χ3n) is 2.27. The summed E-state index contributed by atoms with van der Waals surface area (Å²) in [7, 11) is 0. The van der Waals surface area contributed by atoms with E-state index < -0.39 is 17.8 Å². The monoisotopic (exact) mass is 252 g/mol. The molecule has 16 heavy (non-hydrogen) atoms. The fraction of sp³-hybridized carbons (Fsp3) is 0.455. The van der Waals surface area contributed by atoms with Crippen LogP contribution in [-0.4, -0.2) is 5.11 Å². The van der Waals surface area contributed by atoms with Gasteiger partial charge in [-0.3, -0.25) is 0 Å². The Bertz CT molecular complexity index is 374. The summed E-state index contributed by atoms with van der Waals surface area (Å²) in [5, 5.41) is 9.70. The molecule has 0 aliphatic heterocycles. The summed E-state index contributed by atoms with van der Waals surface area (Å²) in [6, 6.07) is 3.40. The number of alkyl halides is 3. The Morgan fingerprint density at radius 3 is 2.25 bits per heavy atom. The molecule has 0 fully saturated rings. The first-order chi connectivity index (χ1) is 7.23. The number of hydrogen-bond acceptors (Lipinski definition) is 1. The van der Waals surface area contributed by atoms with Crippen molar-refractivity contribution in [2.45, 2.75) is 26.1 Å². The Balaban J connectivity index is 3.29. The van der Waals surface area contributed by atoms with Crippen LogP contribution in [0.4, 0.5) is 13.2 Å². The van der Waals surface area contributed by atoms with Crippen LogP contribution in [0.3, 0.4) is 0 Å². The lowest BCUT2D eigenvalue weighted by molar-refractivity contribution is -0.139. The summed E-state index contributed by atoms with van der Waals surface area (Å²) >= 11 is 5.53. The lowest BCUT2D eigenvalue weighted by Crippen LogP contribution is -2.15. The average Bonchev–Trinajstić information content (AvgIpc) is 2.15. The summed E-state index contributed by atoms with van der Waals surface area (Å²) in [6.07, 6.45) is -5.65. The SMILES string of the molecule is CC(C)C(O)c1ccc(Cl)cc1C(F)(F)F. The maximum absolute atomic E-state index is 12.7. The van der Waals surface area contributed by atoms with Crippen molar-refractivity contribution >= 4 is 11.6 Å². The molecule has 1 atom stereocenters. The van der Waals surface area contributed by atoms with E-state index in [9.17, 15) is 18.3 Å². The Hall–Kier alpha value is -0.740. The zero-order chi connectivity index (χ0) is 12.5. The molecule has 0 radical (unpaired) electrons. The van der Waals surface area contributed by atoms with Gasteiger partial charge in [-0.1, -0.05) is 31.5 Å². The molecule has 1 aromatic rings. The second kappa shape index (κ2) is 4.63. The van der Waals surface area contributed by atoms with Gasteiger partial charge in [-0.15, -0.1) is 0 Å². The molecule has 0 spiro atoms. The van der Waals surface area contributed by atoms with Gasteiger partial charge in [-0.25, -0.2) is 0 Å². The Labute approximate surface area is 96.9 Å². The van der Waals surface area contributed by atoms with E-state index in [2.05, 4.69) is 0 Å². The molecule has 0 saturated heterocycles. The smallest absolute Gasteiger partial charge is 0.388 e. The third kappa shape index (κ3) is 2.89. The molecule has 0 heterocycles. The molecule has 0 bridgehead atoms. The van der Waals surface area contributed by atoms with E-state index >= 15 is 0 Å². The summed E-state index contributed by atoms with van der Waals surface area (Å²) < 4.78 is 38.0. The van der Waals surface area contributed by atoms with E-state index in [-0.39, 0.29) is 16.5 Å². The van der Waals surface area contributed by atoms with Crippen molar-refractivity contribution in [1.29, 1.82) is 0 Å². The molecule has 0 aliphatic carbocycles. The van der Waals surface area contributed by atoms with E-state index in [1.807, 2.05) is 0 Å². The van der Waals surface area contributed by atoms with Crippen LogP contribution >= 0.6 is 11.6 Å². The summed E-state index contributed by atoms with van der Waals surface area (Å²) in [6.45, 7) is 3.30. The van der Waals surface area contributed by atoms with E-state index in [1.54, 1.807) is 13.8 Å². The average molecular weight is 253 g/mol. The highest BCUT2D eigenvalue weighted by atomic mass is 35.5. The minimum Gasteiger partial charge on any atom is -0.388 e. The van der Waals surface area contributed by atoms with Crippen LogP contribution in [0.25, 0.3) is 0 Å². The van der Waals surface area contributed by atoms with Crippen LogP contribution in [0.1, 0.15) is 31.1 Å². The van der Waals surface area contributed by atoms with Gasteiger partial charge in [0.25, 0.3) is 0 Å². The Morgan fingerprint density at radius 2 is 1.81 bits per heavy atom. The van der Waals surface area contributed by atoms with Crippen LogP contribution < -0.4 is 0 Å². The van der Waals surface area contributed by atoms with E-state index in [0.717, 1.165) is 6.07 Å². The minimum atomic E-state index is -4.50. The highest BCUT2D eigenvalue weighted by Crippen LogP contribution is 2.37. The second-order valence-electron chi connectivity index (χ2n) is 3.92. The maximum atomic E-state index is 12.7. The molecule has 1 nitrogen and oxygen atoms in total. The summed E-state index contributed by atoms with van der Waals surface area (Å²) in [4.78, 5) is 0. The lowest BCUT2D eigenvalue weighted by Gasteiger charge is -2.20. The molecule has 90 valence electrons. The van der Waals surface area contributed by atoms with Crippen molar-refractivity contribution in [2.75, 3.05) is 0 Å². The molecular weight excluding hydrogens is 241 g/mol. The van der Waals surface area contributed by atoms with Gasteiger partial charge in [0, 0.05) is 5.02 Å². The van der Waals surface area contributed by atoms with Crippen LogP contribution in [0.15, 0.2) is 18.2 Å². The third-order valence-corrected chi connectivity index (χ3v) is 2.51. The Kier molecular flexibility index (Phi) is 3.86. The molecule has 0 aliphatic rings. The van der Waals surface area contributed by atoms with Crippen molar-refractivity contribution in [3.05, 3.63) is 34.3 Å². The van der Waals surface area contributed by atoms with Gasteiger partial charge in [0.15, 0.2) is 0 Å². The van der Waals surface area contributed by atoms with Gasteiger partial charge in [-0.05, 0) is 23.6 Å². The quantitative estimate of drug-likeness (QED) is 0.842. The largest absolute Gasteiger partial charge is 0.416 e. The maximum Gasteiger partial charge on any atom is 0.416 e. The molecule has 1 unspecified atom stereocenters. The number of aliphatic hydroxyl groups excluding tert-OH is 1. The highest BCUT2D eigenvalue weighted by Gasteiger charge is 2.35. The van der Waals surface area contributed by atoms with Crippen molar-refractivity contribution in [2.24, 2.45) is 5.92 Å². The number of rotatable bonds is 2. The molecule has 0 saturated carbocycles. The van der Waals surface area contributed by atoms with Crippen LogP contribution in [-0.2, 0) is 6.18 Å². The fourth-order valence-electron chi connectivity index (χ4n) is 1.39. The Morgan fingerprint density at radius 1 is 1.25 bits per heavy atom. The standard InChI is InChI=1S/C11H12ClF3O/c1-6(2)10(16)8-4-3-7(12)5-9(8)11(13,14)15/h3-6,10,16H,1-2H3. The molecule has 0 aromatic heterocycles. The molecule has 5 heteroatoms. The number of benzene rings is 1. The van der Waals surface area contributed by atoms with Crippen LogP contribution in [0, 0.1) is 5.92 Å². The number of aliphatic hydroxyl groups is 1. The zero-order valence-corrected chi connectivity index (χ0v) is 9.60. The first-order valence-electron chi connectivity index (χ1n) is 4.78. The van der Waals surface area contributed by atoms with Crippen molar-refractivity contribution in [3.63, 3.8) is 0 Å². The minimum absolute atomic E-state index is 0.00651. The van der Waals surface area contributed by atoms with Gasteiger partial charge in [0.1, 0.15) is 0 Å². The predicted molar refractivity (Wildman–Crippen MR) is 56.3 cm³/mol. The van der Waals surface area contributed by atoms with Crippen molar-refractivity contribution in [1.82, 2.24) is 0 Å². The van der Waals surface area contributed by atoms with E-state index in [1.165, 1.54) is 12.1 Å². The van der Waals surface area contributed by atoms with E-state index in [0.29, 0.717) is 0 Å². The zero-order valence-electron chi connectivity index (χ0n) is 8.85. The van der Waals surface area contributed by atoms with Gasteiger partial charge >= 0.3 is 6.18 Å². The molecular formula is C11H12ClF3O. The van der Waals surface area contributed by atoms with Gasteiger partial charge in [0.2, 0.25) is 0 Å². The van der Waals surface area contributed by atoms with Gasteiger partial charge < -0.3 is 5.11 Å². The molecule has 0 amide bonds. The first kappa shape index (κ1) is 13.3. The summed E-state index contributed by atoms with van der Waals surface area (Å²) in [5.74, 6) is -0.290.